The first kappa shape index (κ1) is 14.5. The van der Waals surface area contributed by atoms with Gasteiger partial charge in [0.1, 0.15) is 4.90 Å². The SMILES string of the molecule is CNS(=O)(=O)c1ccccc1NC(C)Cn1cccn1. The van der Waals surface area contributed by atoms with Crippen molar-refractivity contribution in [2.45, 2.75) is 24.4 Å². The fourth-order valence-corrected chi connectivity index (χ4v) is 2.82. The van der Waals surface area contributed by atoms with Crippen LogP contribution >= 0.6 is 0 Å². The van der Waals surface area contributed by atoms with Crippen molar-refractivity contribution in [2.24, 2.45) is 0 Å². The fourth-order valence-electron chi connectivity index (χ4n) is 1.93. The van der Waals surface area contributed by atoms with Crippen molar-refractivity contribution in [2.75, 3.05) is 12.4 Å². The molecule has 2 aromatic rings. The Morgan fingerprint density at radius 3 is 2.70 bits per heavy atom. The summed E-state index contributed by atoms with van der Waals surface area (Å²) in [4.78, 5) is 0.245. The van der Waals surface area contributed by atoms with Crippen LogP contribution in [0.2, 0.25) is 0 Å². The molecule has 20 heavy (non-hydrogen) atoms. The first-order valence-corrected chi connectivity index (χ1v) is 7.78. The number of para-hydroxylation sites is 1. The molecule has 108 valence electrons. The number of hydrogen-bond donors (Lipinski definition) is 2. The van der Waals surface area contributed by atoms with Crippen molar-refractivity contribution >= 4 is 15.7 Å². The second-order valence-electron chi connectivity index (χ2n) is 4.48. The molecule has 1 heterocycles. The van der Waals surface area contributed by atoms with E-state index in [2.05, 4.69) is 15.1 Å². The Kier molecular flexibility index (Phi) is 4.41. The molecule has 0 aliphatic heterocycles. The minimum absolute atomic E-state index is 0.0445. The van der Waals surface area contributed by atoms with E-state index >= 15 is 0 Å². The van der Waals surface area contributed by atoms with Crippen molar-refractivity contribution in [3.8, 4) is 0 Å². The highest BCUT2D eigenvalue weighted by molar-refractivity contribution is 7.89. The molecule has 0 aliphatic rings. The summed E-state index contributed by atoms with van der Waals surface area (Å²) in [5, 5.41) is 7.34. The summed E-state index contributed by atoms with van der Waals surface area (Å²) in [5.41, 5.74) is 0.585. The van der Waals surface area contributed by atoms with Gasteiger partial charge in [-0.25, -0.2) is 13.1 Å². The smallest absolute Gasteiger partial charge is 0.242 e. The van der Waals surface area contributed by atoms with Crippen LogP contribution in [0.4, 0.5) is 5.69 Å². The maximum Gasteiger partial charge on any atom is 0.242 e. The Bertz CT molecular complexity index is 653. The van der Waals surface area contributed by atoms with E-state index < -0.39 is 10.0 Å². The molecular formula is C13H18N4O2S. The Hall–Kier alpha value is -1.86. The van der Waals surface area contributed by atoms with Crippen LogP contribution < -0.4 is 10.0 Å². The molecule has 1 aromatic carbocycles. The maximum absolute atomic E-state index is 12.0. The average Bonchev–Trinajstić information content (AvgIpc) is 2.92. The zero-order valence-electron chi connectivity index (χ0n) is 11.4. The number of aromatic nitrogens is 2. The Balaban J connectivity index is 2.17. The minimum Gasteiger partial charge on any atom is -0.380 e. The highest BCUT2D eigenvalue weighted by atomic mass is 32.2. The molecule has 1 aromatic heterocycles. The Morgan fingerprint density at radius 2 is 2.05 bits per heavy atom. The van der Waals surface area contributed by atoms with E-state index in [1.54, 1.807) is 35.1 Å². The quantitative estimate of drug-likeness (QED) is 0.842. The van der Waals surface area contributed by atoms with Gasteiger partial charge in [-0.05, 0) is 32.2 Å². The normalized spacial score (nSPS) is 13.1. The maximum atomic E-state index is 12.0. The molecule has 1 unspecified atom stereocenters. The molecule has 2 rings (SSSR count). The molecule has 1 atom stereocenters. The van der Waals surface area contributed by atoms with Crippen LogP contribution in [0.3, 0.4) is 0 Å². The van der Waals surface area contributed by atoms with Gasteiger partial charge in [-0.3, -0.25) is 4.68 Å². The Morgan fingerprint density at radius 1 is 1.30 bits per heavy atom. The number of sulfonamides is 1. The van der Waals surface area contributed by atoms with Gasteiger partial charge in [0.2, 0.25) is 10.0 Å². The van der Waals surface area contributed by atoms with Crippen LogP contribution in [-0.4, -0.2) is 31.3 Å². The minimum atomic E-state index is -3.47. The number of benzene rings is 1. The zero-order chi connectivity index (χ0) is 14.6. The lowest BCUT2D eigenvalue weighted by atomic mass is 10.2. The van der Waals surface area contributed by atoms with Crippen molar-refractivity contribution in [3.63, 3.8) is 0 Å². The summed E-state index contributed by atoms with van der Waals surface area (Å²) < 4.78 is 28.0. The van der Waals surface area contributed by atoms with Crippen molar-refractivity contribution in [1.82, 2.24) is 14.5 Å². The molecule has 0 spiro atoms. The van der Waals surface area contributed by atoms with E-state index in [4.69, 9.17) is 0 Å². The van der Waals surface area contributed by atoms with Gasteiger partial charge in [0.05, 0.1) is 12.2 Å². The van der Waals surface area contributed by atoms with E-state index in [9.17, 15) is 8.42 Å². The average molecular weight is 294 g/mol. The summed E-state index contributed by atoms with van der Waals surface area (Å²) in [6.07, 6.45) is 3.58. The van der Waals surface area contributed by atoms with Gasteiger partial charge >= 0.3 is 0 Å². The number of hydrogen-bond acceptors (Lipinski definition) is 4. The third-order valence-corrected chi connectivity index (χ3v) is 4.34. The van der Waals surface area contributed by atoms with E-state index in [1.807, 2.05) is 19.2 Å². The van der Waals surface area contributed by atoms with Crippen LogP contribution in [0, 0.1) is 0 Å². The number of nitrogens with zero attached hydrogens (tertiary/aromatic N) is 2. The standard InChI is InChI=1S/C13H18N4O2S/c1-11(10-17-9-5-8-15-17)16-12-6-3-4-7-13(12)20(18,19)14-2/h3-9,11,14,16H,10H2,1-2H3. The molecular weight excluding hydrogens is 276 g/mol. The lowest BCUT2D eigenvalue weighted by molar-refractivity contribution is 0.559. The zero-order valence-corrected chi connectivity index (χ0v) is 12.3. The summed E-state index contributed by atoms with van der Waals surface area (Å²) in [7, 11) is -2.07. The van der Waals surface area contributed by atoms with Crippen LogP contribution in [0.5, 0.6) is 0 Å². The van der Waals surface area contributed by atoms with Crippen LogP contribution in [0.15, 0.2) is 47.6 Å². The van der Waals surface area contributed by atoms with Crippen LogP contribution in [0.25, 0.3) is 0 Å². The van der Waals surface area contributed by atoms with E-state index in [0.717, 1.165) is 0 Å². The number of nitrogens with one attached hydrogen (secondary N) is 2. The first-order chi connectivity index (χ1) is 9.53. The molecule has 0 saturated carbocycles. The first-order valence-electron chi connectivity index (χ1n) is 6.29. The molecule has 2 N–H and O–H groups in total. The second-order valence-corrected chi connectivity index (χ2v) is 6.33. The number of rotatable bonds is 6. The molecule has 0 radical (unpaired) electrons. The molecule has 7 heteroatoms. The van der Waals surface area contributed by atoms with Gasteiger partial charge in [0.25, 0.3) is 0 Å². The van der Waals surface area contributed by atoms with Gasteiger partial charge in [0, 0.05) is 18.4 Å². The third kappa shape index (κ3) is 3.37. The molecule has 0 saturated heterocycles. The van der Waals surface area contributed by atoms with Gasteiger partial charge in [-0.2, -0.15) is 5.10 Å². The monoisotopic (exact) mass is 294 g/mol. The van der Waals surface area contributed by atoms with Gasteiger partial charge in [-0.1, -0.05) is 12.1 Å². The van der Waals surface area contributed by atoms with Gasteiger partial charge < -0.3 is 5.32 Å². The lowest BCUT2D eigenvalue weighted by Gasteiger charge is -2.18. The van der Waals surface area contributed by atoms with Crippen molar-refractivity contribution in [1.29, 1.82) is 0 Å². The van der Waals surface area contributed by atoms with E-state index in [-0.39, 0.29) is 10.9 Å². The highest BCUT2D eigenvalue weighted by Crippen LogP contribution is 2.21. The highest BCUT2D eigenvalue weighted by Gasteiger charge is 2.17. The summed E-state index contributed by atoms with van der Waals surface area (Å²) in [6, 6.07) is 8.73. The predicted octanol–water partition coefficient (Wildman–Crippen LogP) is 1.29. The molecule has 0 aliphatic carbocycles. The van der Waals surface area contributed by atoms with Crippen molar-refractivity contribution < 1.29 is 8.42 Å². The molecule has 0 amide bonds. The largest absolute Gasteiger partial charge is 0.380 e. The summed E-state index contributed by atoms with van der Waals surface area (Å²) >= 11 is 0. The van der Waals surface area contributed by atoms with E-state index in [0.29, 0.717) is 12.2 Å². The van der Waals surface area contributed by atoms with Gasteiger partial charge in [0.15, 0.2) is 0 Å². The van der Waals surface area contributed by atoms with Crippen molar-refractivity contribution in [3.05, 3.63) is 42.7 Å². The van der Waals surface area contributed by atoms with Crippen LogP contribution in [-0.2, 0) is 16.6 Å². The molecule has 6 nitrogen and oxygen atoms in total. The lowest BCUT2D eigenvalue weighted by Crippen LogP contribution is -2.25. The number of anilines is 1. The second kappa shape index (κ2) is 6.06. The Labute approximate surface area is 118 Å². The molecule has 0 fully saturated rings. The molecule has 0 bridgehead atoms. The van der Waals surface area contributed by atoms with Crippen LogP contribution in [0.1, 0.15) is 6.92 Å². The summed E-state index contributed by atoms with van der Waals surface area (Å²) in [5.74, 6) is 0. The van der Waals surface area contributed by atoms with Gasteiger partial charge in [-0.15, -0.1) is 0 Å². The van der Waals surface area contributed by atoms with E-state index in [1.165, 1.54) is 7.05 Å². The topological polar surface area (TPSA) is 76.0 Å². The predicted molar refractivity (Wildman–Crippen MR) is 78.0 cm³/mol. The third-order valence-electron chi connectivity index (χ3n) is 2.87. The fraction of sp³-hybridized carbons (Fsp3) is 0.308. The summed E-state index contributed by atoms with van der Waals surface area (Å²) in [6.45, 7) is 2.63.